The second-order valence-electron chi connectivity index (χ2n) is 5.60. The summed E-state index contributed by atoms with van der Waals surface area (Å²) in [6.07, 6.45) is 5.11. The molecule has 2 rings (SSSR count). The van der Waals surface area contributed by atoms with Crippen LogP contribution in [0.4, 0.5) is 0 Å². The maximum atomic E-state index is 12.7. The van der Waals surface area contributed by atoms with Crippen LogP contribution in [0.5, 0.6) is 0 Å². The van der Waals surface area contributed by atoms with Gasteiger partial charge in [0, 0.05) is 19.0 Å². The number of amides is 1. The molecule has 2 heterocycles. The Kier molecular flexibility index (Phi) is 5.84. The third-order valence-corrected chi connectivity index (χ3v) is 5.02. The minimum Gasteiger partial charge on any atom is -0.395 e. The Morgan fingerprint density at radius 2 is 2.29 bits per heavy atom. The normalized spacial score (nSPS) is 18.8. The molecule has 0 aromatic carbocycles. The summed E-state index contributed by atoms with van der Waals surface area (Å²) in [7, 11) is 0. The van der Waals surface area contributed by atoms with E-state index < -0.39 is 0 Å². The van der Waals surface area contributed by atoms with Gasteiger partial charge in [0.05, 0.1) is 16.4 Å². The number of likely N-dealkylation sites (tertiary alicyclic amines) is 1. The fraction of sp³-hybridized carbons (Fsp3) is 0.588. The molecule has 1 saturated heterocycles. The summed E-state index contributed by atoms with van der Waals surface area (Å²) in [5, 5.41) is 8.77. The molecule has 0 aliphatic carbocycles. The van der Waals surface area contributed by atoms with E-state index in [9.17, 15) is 4.79 Å². The molecule has 0 bridgehead atoms. The van der Waals surface area contributed by atoms with Crippen LogP contribution < -0.4 is 0 Å². The molecule has 1 aromatic heterocycles. The number of thiophene rings is 1. The minimum atomic E-state index is 0.0779. The van der Waals surface area contributed by atoms with E-state index in [1.54, 1.807) is 0 Å². The van der Waals surface area contributed by atoms with Gasteiger partial charge in [0.25, 0.3) is 5.91 Å². The molecule has 3 nitrogen and oxygen atoms in total. The molecule has 1 aromatic rings. The second kappa shape index (κ2) is 7.63. The lowest BCUT2D eigenvalue weighted by atomic mass is 10.1. The van der Waals surface area contributed by atoms with Crippen molar-refractivity contribution < 1.29 is 9.90 Å². The Labute approximate surface area is 131 Å². The Bertz CT molecular complexity index is 553. The SMILES string of the molecule is Cc1cc(C(=O)N2CCCCCC2C)sc1C#CCCO. The smallest absolute Gasteiger partial charge is 0.264 e. The van der Waals surface area contributed by atoms with Crippen LogP contribution in [-0.2, 0) is 0 Å². The van der Waals surface area contributed by atoms with Crippen LogP contribution in [0.3, 0.4) is 0 Å². The Morgan fingerprint density at radius 3 is 3.05 bits per heavy atom. The molecule has 0 saturated carbocycles. The van der Waals surface area contributed by atoms with Crippen molar-refractivity contribution in [3.05, 3.63) is 21.4 Å². The van der Waals surface area contributed by atoms with E-state index in [-0.39, 0.29) is 12.5 Å². The maximum Gasteiger partial charge on any atom is 0.264 e. The highest BCUT2D eigenvalue weighted by molar-refractivity contribution is 7.14. The number of aryl methyl sites for hydroxylation is 1. The van der Waals surface area contributed by atoms with Gasteiger partial charge in [0.1, 0.15) is 0 Å². The summed E-state index contributed by atoms with van der Waals surface area (Å²) in [4.78, 5) is 16.4. The van der Waals surface area contributed by atoms with Crippen molar-refractivity contribution >= 4 is 17.2 Å². The molecule has 0 radical (unpaired) electrons. The number of hydrogen-bond acceptors (Lipinski definition) is 3. The van der Waals surface area contributed by atoms with Gasteiger partial charge >= 0.3 is 0 Å². The van der Waals surface area contributed by atoms with Crippen LogP contribution in [0.2, 0.25) is 0 Å². The van der Waals surface area contributed by atoms with Gasteiger partial charge in [0.2, 0.25) is 0 Å². The zero-order valence-electron chi connectivity index (χ0n) is 12.8. The predicted molar refractivity (Wildman–Crippen MR) is 86.6 cm³/mol. The summed E-state index contributed by atoms with van der Waals surface area (Å²) in [5.74, 6) is 6.13. The molecule has 1 aliphatic heterocycles. The van der Waals surface area contributed by atoms with Crippen molar-refractivity contribution in [3.8, 4) is 11.8 Å². The zero-order valence-corrected chi connectivity index (χ0v) is 13.6. The van der Waals surface area contributed by atoms with Crippen LogP contribution in [0, 0.1) is 18.8 Å². The quantitative estimate of drug-likeness (QED) is 0.853. The van der Waals surface area contributed by atoms with E-state index in [2.05, 4.69) is 18.8 Å². The summed E-state index contributed by atoms with van der Waals surface area (Å²) >= 11 is 1.47. The number of aliphatic hydroxyl groups is 1. The second-order valence-corrected chi connectivity index (χ2v) is 6.65. The van der Waals surface area contributed by atoms with E-state index in [4.69, 9.17) is 5.11 Å². The molecule has 1 aliphatic rings. The summed E-state index contributed by atoms with van der Waals surface area (Å²) in [6, 6.07) is 2.28. The molecule has 114 valence electrons. The number of hydrogen-bond donors (Lipinski definition) is 1. The van der Waals surface area contributed by atoms with Crippen molar-refractivity contribution in [2.24, 2.45) is 0 Å². The third kappa shape index (κ3) is 4.09. The molecule has 1 atom stereocenters. The minimum absolute atomic E-state index is 0.0779. The molecule has 4 heteroatoms. The van der Waals surface area contributed by atoms with Crippen LogP contribution in [0.1, 0.15) is 59.1 Å². The largest absolute Gasteiger partial charge is 0.395 e. The average molecular weight is 305 g/mol. The zero-order chi connectivity index (χ0) is 15.2. The van der Waals surface area contributed by atoms with Gasteiger partial charge in [-0.05, 0) is 38.3 Å². The third-order valence-electron chi connectivity index (χ3n) is 3.88. The fourth-order valence-electron chi connectivity index (χ4n) is 2.63. The maximum absolute atomic E-state index is 12.7. The first-order chi connectivity index (χ1) is 10.1. The van der Waals surface area contributed by atoms with Gasteiger partial charge in [-0.3, -0.25) is 4.79 Å². The fourth-order valence-corrected chi connectivity index (χ4v) is 3.63. The first kappa shape index (κ1) is 16.1. The van der Waals surface area contributed by atoms with E-state index >= 15 is 0 Å². The van der Waals surface area contributed by atoms with E-state index in [0.717, 1.165) is 34.7 Å². The van der Waals surface area contributed by atoms with Crippen molar-refractivity contribution in [1.82, 2.24) is 4.90 Å². The van der Waals surface area contributed by atoms with Crippen molar-refractivity contribution in [1.29, 1.82) is 0 Å². The van der Waals surface area contributed by atoms with Gasteiger partial charge in [-0.1, -0.05) is 24.7 Å². The standard InChI is InChI=1S/C17H23NO2S/c1-13-12-16(21-15(13)9-5-7-11-19)17(20)18-10-6-3-4-8-14(18)2/h12,14,19H,3-4,6-8,10-11H2,1-2H3. The van der Waals surface area contributed by atoms with Crippen LogP contribution in [0.15, 0.2) is 6.07 Å². The molecule has 1 amide bonds. The lowest BCUT2D eigenvalue weighted by Crippen LogP contribution is -2.37. The Balaban J connectivity index is 2.16. The number of nitrogens with zero attached hydrogens (tertiary/aromatic N) is 1. The van der Waals surface area contributed by atoms with E-state index in [1.807, 2.05) is 17.9 Å². The van der Waals surface area contributed by atoms with Gasteiger partial charge in [-0.2, -0.15) is 0 Å². The number of aliphatic hydroxyl groups excluding tert-OH is 1. The summed E-state index contributed by atoms with van der Waals surface area (Å²) in [6.45, 7) is 5.07. The molecular weight excluding hydrogens is 282 g/mol. The molecule has 1 fully saturated rings. The van der Waals surface area contributed by atoms with Gasteiger partial charge in [0.15, 0.2) is 0 Å². The number of carbonyl (C=O) groups excluding carboxylic acids is 1. The van der Waals surface area contributed by atoms with Gasteiger partial charge < -0.3 is 10.0 Å². The first-order valence-electron chi connectivity index (χ1n) is 7.64. The Hall–Kier alpha value is -1.31. The van der Waals surface area contributed by atoms with Crippen molar-refractivity contribution in [3.63, 3.8) is 0 Å². The van der Waals surface area contributed by atoms with Crippen molar-refractivity contribution in [2.75, 3.05) is 13.2 Å². The van der Waals surface area contributed by atoms with Crippen LogP contribution in [-0.4, -0.2) is 35.1 Å². The number of rotatable bonds is 2. The monoisotopic (exact) mass is 305 g/mol. The highest BCUT2D eigenvalue weighted by Crippen LogP contribution is 2.25. The first-order valence-corrected chi connectivity index (χ1v) is 8.46. The molecule has 0 spiro atoms. The topological polar surface area (TPSA) is 40.5 Å². The summed E-state index contributed by atoms with van der Waals surface area (Å²) < 4.78 is 0. The molecular formula is C17H23NO2S. The van der Waals surface area contributed by atoms with Crippen molar-refractivity contribution in [2.45, 2.75) is 52.0 Å². The van der Waals surface area contributed by atoms with Crippen LogP contribution in [0.25, 0.3) is 0 Å². The van der Waals surface area contributed by atoms with E-state index in [1.165, 1.54) is 24.2 Å². The van der Waals surface area contributed by atoms with Gasteiger partial charge in [-0.15, -0.1) is 11.3 Å². The number of carbonyl (C=O) groups is 1. The highest BCUT2D eigenvalue weighted by Gasteiger charge is 2.24. The van der Waals surface area contributed by atoms with E-state index in [0.29, 0.717) is 12.5 Å². The molecule has 21 heavy (non-hydrogen) atoms. The predicted octanol–water partition coefficient (Wildman–Crippen LogP) is 3.20. The lowest BCUT2D eigenvalue weighted by Gasteiger charge is -2.26. The molecule has 1 N–H and O–H groups in total. The lowest BCUT2D eigenvalue weighted by molar-refractivity contribution is 0.0703. The highest BCUT2D eigenvalue weighted by atomic mass is 32.1. The van der Waals surface area contributed by atoms with Gasteiger partial charge in [-0.25, -0.2) is 0 Å². The Morgan fingerprint density at radius 1 is 1.48 bits per heavy atom. The average Bonchev–Trinajstić information content (AvgIpc) is 2.69. The summed E-state index contributed by atoms with van der Waals surface area (Å²) in [5.41, 5.74) is 1.05. The molecule has 1 unspecified atom stereocenters. The van der Waals surface area contributed by atoms with Crippen LogP contribution >= 0.6 is 11.3 Å².